The van der Waals surface area contributed by atoms with Crippen LogP contribution >= 0.6 is 15.9 Å². The molecule has 0 saturated carbocycles. The second kappa shape index (κ2) is 8.90. The quantitative estimate of drug-likeness (QED) is 0.248. The fourth-order valence-corrected chi connectivity index (χ4v) is 5.57. The van der Waals surface area contributed by atoms with Crippen LogP contribution in [0, 0.1) is 6.92 Å². The van der Waals surface area contributed by atoms with Gasteiger partial charge in [0, 0.05) is 39.6 Å². The number of hydrogen-bond acceptors (Lipinski definition) is 4. The summed E-state index contributed by atoms with van der Waals surface area (Å²) in [6, 6.07) is 13.4. The minimum atomic E-state index is -4.43. The Morgan fingerprint density at radius 3 is 2.47 bits per heavy atom. The molecule has 0 spiro atoms. The highest BCUT2D eigenvalue weighted by Crippen LogP contribution is 2.34. The molecule has 5 rings (SSSR count). The van der Waals surface area contributed by atoms with Crippen molar-refractivity contribution in [1.82, 2.24) is 18.7 Å². The van der Waals surface area contributed by atoms with Gasteiger partial charge in [0.25, 0.3) is 10.0 Å². The average molecular weight is 575 g/mol. The van der Waals surface area contributed by atoms with Crippen LogP contribution in [0.2, 0.25) is 0 Å². The van der Waals surface area contributed by atoms with Crippen LogP contribution in [0.3, 0.4) is 0 Å². The van der Waals surface area contributed by atoms with E-state index in [1.165, 1.54) is 23.1 Å². The molecule has 3 aromatic heterocycles. The van der Waals surface area contributed by atoms with Gasteiger partial charge in [0.1, 0.15) is 0 Å². The topological polar surface area (TPSA) is 69.8 Å². The van der Waals surface area contributed by atoms with E-state index in [4.69, 9.17) is 0 Å². The fourth-order valence-electron chi connectivity index (χ4n) is 3.91. The molecule has 0 bridgehead atoms. The van der Waals surface area contributed by atoms with Gasteiger partial charge in [-0.2, -0.15) is 18.3 Å². The van der Waals surface area contributed by atoms with Gasteiger partial charge in [-0.05, 0) is 58.7 Å². The lowest BCUT2D eigenvalue weighted by Crippen LogP contribution is -2.12. The van der Waals surface area contributed by atoms with Crippen molar-refractivity contribution in [2.24, 2.45) is 0 Å². The molecule has 0 N–H and O–H groups in total. The maximum absolute atomic E-state index is 13.4. The Balaban J connectivity index is 1.56. The molecule has 0 saturated heterocycles. The number of benzene rings is 2. The number of hydrogen-bond donors (Lipinski definition) is 0. The molecule has 2 aromatic carbocycles. The second-order valence-electron chi connectivity index (χ2n) is 8.31. The first-order valence-electron chi connectivity index (χ1n) is 10.7. The molecule has 184 valence electrons. The smallest absolute Gasteiger partial charge is 0.268 e. The van der Waals surface area contributed by atoms with Gasteiger partial charge in [-0.3, -0.25) is 4.68 Å². The summed E-state index contributed by atoms with van der Waals surface area (Å²) in [6.07, 6.45) is 1.79. The molecule has 6 nitrogen and oxygen atoms in total. The van der Waals surface area contributed by atoms with Crippen LogP contribution in [-0.4, -0.2) is 27.2 Å². The number of rotatable bonds is 5. The monoisotopic (exact) mass is 574 g/mol. The molecule has 5 aromatic rings. The lowest BCUT2D eigenvalue weighted by molar-refractivity contribution is -0.137. The van der Waals surface area contributed by atoms with E-state index >= 15 is 0 Å². The van der Waals surface area contributed by atoms with E-state index in [9.17, 15) is 21.6 Å². The second-order valence-corrected chi connectivity index (χ2v) is 11.0. The van der Waals surface area contributed by atoms with Crippen molar-refractivity contribution in [3.63, 3.8) is 0 Å². The van der Waals surface area contributed by atoms with Gasteiger partial charge >= 0.3 is 6.18 Å². The Morgan fingerprint density at radius 2 is 1.75 bits per heavy atom. The van der Waals surface area contributed by atoms with E-state index < -0.39 is 21.8 Å². The van der Waals surface area contributed by atoms with Crippen molar-refractivity contribution in [1.29, 1.82) is 0 Å². The normalized spacial score (nSPS) is 12.4. The highest BCUT2D eigenvalue weighted by molar-refractivity contribution is 9.10. The summed E-state index contributed by atoms with van der Waals surface area (Å²) < 4.78 is 69.4. The van der Waals surface area contributed by atoms with E-state index in [1.54, 1.807) is 48.8 Å². The van der Waals surface area contributed by atoms with Gasteiger partial charge in [0.05, 0.1) is 23.2 Å². The highest BCUT2D eigenvalue weighted by atomic mass is 79.9. The number of nitrogens with zero attached hydrogens (tertiary/aromatic N) is 4. The van der Waals surface area contributed by atoms with E-state index in [-0.39, 0.29) is 17.1 Å². The van der Waals surface area contributed by atoms with Crippen molar-refractivity contribution in [2.75, 3.05) is 0 Å². The van der Waals surface area contributed by atoms with Gasteiger partial charge in [0.2, 0.25) is 0 Å². The van der Waals surface area contributed by atoms with E-state index in [2.05, 4.69) is 26.0 Å². The van der Waals surface area contributed by atoms with Crippen molar-refractivity contribution in [2.45, 2.75) is 24.5 Å². The molecular weight excluding hydrogens is 557 g/mol. The van der Waals surface area contributed by atoms with Crippen molar-refractivity contribution < 1.29 is 21.6 Å². The first-order valence-corrected chi connectivity index (χ1v) is 12.9. The summed E-state index contributed by atoms with van der Waals surface area (Å²) in [5.41, 5.74) is 2.07. The minimum absolute atomic E-state index is 0.117. The molecule has 0 atom stereocenters. The van der Waals surface area contributed by atoms with E-state index in [0.717, 1.165) is 21.7 Å². The molecule has 0 radical (unpaired) electrons. The lowest BCUT2D eigenvalue weighted by Gasteiger charge is -2.08. The largest absolute Gasteiger partial charge is 0.416 e. The standard InChI is InChI=1S/C25H18BrF3N4O2S/c1-16-5-7-21(8-6-16)36(34,35)33-15-23(22-10-20(26)12-30-24(22)33)18-11-31-32(14-18)13-17-3-2-4-19(9-17)25(27,28)29/h2-12,14-15H,13H2,1H3. The zero-order valence-corrected chi connectivity index (χ0v) is 21.1. The summed E-state index contributed by atoms with van der Waals surface area (Å²) in [5, 5.41) is 4.87. The Bertz CT molecular complexity index is 1690. The number of halogens is 4. The van der Waals surface area contributed by atoms with Crippen LogP contribution in [0.4, 0.5) is 13.2 Å². The summed E-state index contributed by atoms with van der Waals surface area (Å²) in [7, 11) is -3.94. The third kappa shape index (κ3) is 4.56. The third-order valence-electron chi connectivity index (χ3n) is 5.70. The van der Waals surface area contributed by atoms with Crippen molar-refractivity contribution in [3.05, 3.63) is 101 Å². The molecule has 0 aliphatic heterocycles. The minimum Gasteiger partial charge on any atom is -0.268 e. The fraction of sp³-hybridized carbons (Fsp3) is 0.120. The first kappa shape index (κ1) is 24.3. The van der Waals surface area contributed by atoms with Gasteiger partial charge < -0.3 is 0 Å². The molecular formula is C25H18BrF3N4O2S. The van der Waals surface area contributed by atoms with Crippen LogP contribution in [0.5, 0.6) is 0 Å². The number of aryl methyl sites for hydroxylation is 1. The third-order valence-corrected chi connectivity index (χ3v) is 7.80. The maximum atomic E-state index is 13.4. The van der Waals surface area contributed by atoms with Crippen molar-refractivity contribution >= 4 is 37.0 Å². The van der Waals surface area contributed by atoms with Gasteiger partial charge in [-0.15, -0.1) is 0 Å². The van der Waals surface area contributed by atoms with Crippen LogP contribution in [0.15, 0.2) is 88.8 Å². The predicted octanol–water partition coefficient (Wildman–Crippen LogP) is 6.27. The predicted molar refractivity (Wildman–Crippen MR) is 133 cm³/mol. The molecule has 0 amide bonds. The number of fused-ring (bicyclic) bond motifs is 1. The summed E-state index contributed by atoms with van der Waals surface area (Å²) in [4.78, 5) is 4.47. The van der Waals surface area contributed by atoms with Gasteiger partial charge in [-0.1, -0.05) is 29.8 Å². The lowest BCUT2D eigenvalue weighted by atomic mass is 10.1. The van der Waals surface area contributed by atoms with Crippen LogP contribution < -0.4 is 0 Å². The molecule has 36 heavy (non-hydrogen) atoms. The van der Waals surface area contributed by atoms with Crippen LogP contribution in [0.1, 0.15) is 16.7 Å². The molecule has 0 aliphatic carbocycles. The Labute approximate surface area is 213 Å². The maximum Gasteiger partial charge on any atom is 0.416 e. The highest BCUT2D eigenvalue weighted by Gasteiger charge is 2.30. The SMILES string of the molecule is Cc1ccc(S(=O)(=O)n2cc(-c3cnn(Cc4cccc(C(F)(F)F)c4)c3)c3cc(Br)cnc32)cc1. The van der Waals surface area contributed by atoms with Crippen LogP contribution in [-0.2, 0) is 22.7 Å². The molecule has 0 unspecified atom stereocenters. The zero-order chi connectivity index (χ0) is 25.7. The van der Waals surface area contributed by atoms with E-state index in [0.29, 0.717) is 26.5 Å². The first-order chi connectivity index (χ1) is 17.0. The average Bonchev–Trinajstić information content (AvgIpc) is 3.43. The van der Waals surface area contributed by atoms with Gasteiger partial charge in [-0.25, -0.2) is 17.4 Å². The Kier molecular flexibility index (Phi) is 6.00. The molecule has 3 heterocycles. The summed E-state index contributed by atoms with van der Waals surface area (Å²) >= 11 is 3.39. The van der Waals surface area contributed by atoms with E-state index in [1.807, 2.05) is 6.92 Å². The zero-order valence-electron chi connectivity index (χ0n) is 18.7. The van der Waals surface area contributed by atoms with Crippen LogP contribution in [0.25, 0.3) is 22.2 Å². The van der Waals surface area contributed by atoms with Gasteiger partial charge in [0.15, 0.2) is 5.65 Å². The molecule has 0 fully saturated rings. The Morgan fingerprint density at radius 1 is 1.00 bits per heavy atom. The number of alkyl halides is 3. The number of pyridine rings is 1. The molecule has 11 heteroatoms. The summed E-state index contributed by atoms with van der Waals surface area (Å²) in [5.74, 6) is 0. The summed E-state index contributed by atoms with van der Waals surface area (Å²) in [6.45, 7) is 1.99. The molecule has 0 aliphatic rings. The van der Waals surface area contributed by atoms with Crippen molar-refractivity contribution in [3.8, 4) is 11.1 Å². The number of aromatic nitrogens is 4. The Hall–Kier alpha value is -3.44.